The minimum Gasteiger partial charge on any atom is -0.489 e. The quantitative estimate of drug-likeness (QED) is 0.420. The normalized spacial score (nSPS) is 11.6. The molecule has 0 fully saturated rings. The van der Waals surface area contributed by atoms with E-state index in [0.29, 0.717) is 12.4 Å². The van der Waals surface area contributed by atoms with Crippen molar-refractivity contribution in [1.82, 2.24) is 0 Å². The van der Waals surface area contributed by atoms with Gasteiger partial charge in [-0.15, -0.1) is 0 Å². The smallest absolute Gasteiger partial charge is 0.234 e. The molecule has 0 unspecified atom stereocenters. The predicted octanol–water partition coefficient (Wildman–Crippen LogP) is 3.94. The van der Waals surface area contributed by atoms with E-state index in [9.17, 15) is 8.42 Å². The molecule has 0 N–H and O–H groups in total. The van der Waals surface area contributed by atoms with Gasteiger partial charge in [-0.05, 0) is 44.0 Å². The Morgan fingerprint density at radius 1 is 1.05 bits per heavy atom. The zero-order valence-corrected chi connectivity index (χ0v) is 15.9. The van der Waals surface area contributed by atoms with E-state index in [1.807, 2.05) is 12.1 Å². The minimum absolute atomic E-state index is 0.0534. The van der Waals surface area contributed by atoms with E-state index in [0.717, 1.165) is 13.4 Å². The van der Waals surface area contributed by atoms with E-state index in [4.69, 9.17) is 20.2 Å². The van der Waals surface area contributed by atoms with Crippen molar-refractivity contribution in [2.75, 3.05) is 25.6 Å². The highest BCUT2D eigenvalue weighted by molar-refractivity contribution is 9.11. The maximum Gasteiger partial charge on any atom is 0.234 e. The Hall–Kier alpha value is 0.660. The predicted molar refractivity (Wildman–Crippen MR) is 85.5 cm³/mol. The molecule has 1 rings (SSSR count). The zero-order chi connectivity index (χ0) is 14.5. The molecule has 108 valence electrons. The molecule has 0 aliphatic rings. The van der Waals surface area contributed by atoms with Gasteiger partial charge in [-0.1, -0.05) is 15.9 Å². The summed E-state index contributed by atoms with van der Waals surface area (Å²) in [7, 11) is 1.55. The van der Waals surface area contributed by atoms with Crippen LogP contribution < -0.4 is 4.74 Å². The molecule has 0 amide bonds. The van der Waals surface area contributed by atoms with Crippen molar-refractivity contribution in [3.8, 4) is 5.75 Å². The molecule has 0 aliphatic carbocycles. The van der Waals surface area contributed by atoms with Crippen molar-refractivity contribution in [1.29, 1.82) is 0 Å². The van der Waals surface area contributed by atoms with E-state index in [2.05, 4.69) is 47.8 Å². The van der Waals surface area contributed by atoms with Gasteiger partial charge in [-0.2, -0.15) is 0 Å². The maximum absolute atomic E-state index is 10.6. The van der Waals surface area contributed by atoms with Gasteiger partial charge in [-0.25, -0.2) is 8.42 Å². The third-order valence-corrected chi connectivity index (χ3v) is 4.66. The van der Waals surface area contributed by atoms with Crippen LogP contribution in [0, 0.1) is 0 Å². The Morgan fingerprint density at radius 3 is 2.16 bits per heavy atom. The van der Waals surface area contributed by atoms with Crippen LogP contribution in [0.15, 0.2) is 25.6 Å². The standard InChI is InChI=1S/C10H10Br3ClO4S/c11-7-5-8(12)10(9(13)6-7)18-2-1-17-3-4-19(14,15)16/h5-6H,1-4H2. The maximum atomic E-state index is 10.6. The van der Waals surface area contributed by atoms with Gasteiger partial charge < -0.3 is 9.47 Å². The van der Waals surface area contributed by atoms with Gasteiger partial charge in [0.05, 0.1) is 27.9 Å². The molecule has 0 bridgehead atoms. The van der Waals surface area contributed by atoms with Crippen molar-refractivity contribution in [2.45, 2.75) is 0 Å². The second-order valence-electron chi connectivity index (χ2n) is 3.40. The molecular weight excluding hydrogens is 491 g/mol. The molecular formula is C10H10Br3ClO4S. The van der Waals surface area contributed by atoms with Crippen LogP contribution in [0.25, 0.3) is 0 Å². The molecule has 0 radical (unpaired) electrons. The second kappa shape index (κ2) is 8.19. The molecule has 0 spiro atoms. The Morgan fingerprint density at radius 2 is 1.63 bits per heavy atom. The van der Waals surface area contributed by atoms with Gasteiger partial charge in [0.1, 0.15) is 12.4 Å². The number of halogens is 4. The van der Waals surface area contributed by atoms with Crippen molar-refractivity contribution >= 4 is 67.5 Å². The van der Waals surface area contributed by atoms with Crippen LogP contribution in [0.1, 0.15) is 0 Å². The third-order valence-electron chi connectivity index (χ3n) is 1.91. The van der Waals surface area contributed by atoms with Crippen LogP contribution in [0.4, 0.5) is 0 Å². The second-order valence-corrected chi connectivity index (χ2v) is 8.92. The highest BCUT2D eigenvalue weighted by Gasteiger charge is 2.08. The Kier molecular flexibility index (Phi) is 7.63. The molecule has 19 heavy (non-hydrogen) atoms. The minimum atomic E-state index is -3.50. The van der Waals surface area contributed by atoms with Gasteiger partial charge in [0.25, 0.3) is 0 Å². The van der Waals surface area contributed by atoms with Gasteiger partial charge in [0.2, 0.25) is 9.05 Å². The molecule has 1 aromatic rings. The summed E-state index contributed by atoms with van der Waals surface area (Å²) in [6, 6.07) is 3.72. The molecule has 4 nitrogen and oxygen atoms in total. The van der Waals surface area contributed by atoms with E-state index in [-0.39, 0.29) is 19.0 Å². The monoisotopic (exact) mass is 498 g/mol. The van der Waals surface area contributed by atoms with Gasteiger partial charge in [-0.3, -0.25) is 0 Å². The molecule has 1 aromatic carbocycles. The zero-order valence-electron chi connectivity index (χ0n) is 9.54. The van der Waals surface area contributed by atoms with Crippen LogP contribution in [-0.4, -0.2) is 34.0 Å². The van der Waals surface area contributed by atoms with Crippen LogP contribution in [0.2, 0.25) is 0 Å². The summed E-state index contributed by atoms with van der Waals surface area (Å²) in [6.07, 6.45) is 0. The Balaban J connectivity index is 2.34. The first-order chi connectivity index (χ1) is 8.79. The lowest BCUT2D eigenvalue weighted by Gasteiger charge is -2.11. The number of benzene rings is 1. The summed E-state index contributed by atoms with van der Waals surface area (Å²) < 4.78 is 34.5. The first kappa shape index (κ1) is 17.7. The third kappa shape index (κ3) is 7.29. The van der Waals surface area contributed by atoms with Crippen molar-refractivity contribution in [3.05, 3.63) is 25.6 Å². The number of ether oxygens (including phenoxy) is 2. The number of rotatable bonds is 7. The fourth-order valence-electron chi connectivity index (χ4n) is 1.13. The lowest BCUT2D eigenvalue weighted by Crippen LogP contribution is -2.12. The van der Waals surface area contributed by atoms with E-state index in [1.54, 1.807) is 0 Å². The molecule has 9 heteroatoms. The first-order valence-electron chi connectivity index (χ1n) is 5.07. The lowest BCUT2D eigenvalue weighted by molar-refractivity contribution is 0.111. The highest BCUT2D eigenvalue weighted by atomic mass is 79.9. The van der Waals surface area contributed by atoms with Crippen LogP contribution >= 0.6 is 58.5 Å². The fraction of sp³-hybridized carbons (Fsp3) is 0.400. The number of hydrogen-bond donors (Lipinski definition) is 0. The molecule has 0 saturated carbocycles. The fourth-order valence-corrected chi connectivity index (χ4v) is 4.12. The summed E-state index contributed by atoms with van der Waals surface area (Å²) in [5.41, 5.74) is 0. The van der Waals surface area contributed by atoms with E-state index < -0.39 is 9.05 Å². The SMILES string of the molecule is O=S(=O)(Cl)CCOCCOc1c(Br)cc(Br)cc1Br. The Bertz CT molecular complexity index is 513. The van der Waals surface area contributed by atoms with Crippen LogP contribution in [0.5, 0.6) is 5.75 Å². The van der Waals surface area contributed by atoms with Crippen LogP contribution in [0.3, 0.4) is 0 Å². The average Bonchev–Trinajstić information content (AvgIpc) is 2.24. The summed E-state index contributed by atoms with van der Waals surface area (Å²) in [4.78, 5) is 0. The van der Waals surface area contributed by atoms with Gasteiger partial charge in [0, 0.05) is 15.2 Å². The molecule has 0 heterocycles. The van der Waals surface area contributed by atoms with Gasteiger partial charge in [0.15, 0.2) is 0 Å². The van der Waals surface area contributed by atoms with E-state index >= 15 is 0 Å². The average molecular weight is 501 g/mol. The van der Waals surface area contributed by atoms with Gasteiger partial charge >= 0.3 is 0 Å². The molecule has 0 saturated heterocycles. The lowest BCUT2D eigenvalue weighted by atomic mass is 10.3. The summed E-state index contributed by atoms with van der Waals surface area (Å²) in [5, 5.41) is 0. The van der Waals surface area contributed by atoms with Crippen molar-refractivity contribution in [3.63, 3.8) is 0 Å². The summed E-state index contributed by atoms with van der Waals surface area (Å²) in [6.45, 7) is 0.639. The summed E-state index contributed by atoms with van der Waals surface area (Å²) in [5.74, 6) is 0.456. The molecule has 0 aliphatic heterocycles. The topological polar surface area (TPSA) is 52.6 Å². The van der Waals surface area contributed by atoms with E-state index in [1.165, 1.54) is 0 Å². The van der Waals surface area contributed by atoms with Crippen LogP contribution in [-0.2, 0) is 13.8 Å². The Labute approximate surface area is 141 Å². The number of hydrogen-bond acceptors (Lipinski definition) is 4. The first-order valence-corrected chi connectivity index (χ1v) is 9.93. The molecule has 0 aromatic heterocycles. The summed E-state index contributed by atoms with van der Waals surface area (Å²) >= 11 is 10.1. The molecule has 0 atom stereocenters. The largest absolute Gasteiger partial charge is 0.489 e. The van der Waals surface area contributed by atoms with Crippen molar-refractivity contribution < 1.29 is 17.9 Å². The van der Waals surface area contributed by atoms with Crippen molar-refractivity contribution in [2.24, 2.45) is 0 Å². The highest BCUT2D eigenvalue weighted by Crippen LogP contribution is 2.36.